The van der Waals surface area contributed by atoms with E-state index in [0.29, 0.717) is 11.3 Å². The van der Waals surface area contributed by atoms with Crippen LogP contribution in [0.15, 0.2) is 30.0 Å². The molecule has 0 aliphatic carbocycles. The Morgan fingerprint density at radius 3 is 2.53 bits per heavy atom. The van der Waals surface area contributed by atoms with Crippen molar-refractivity contribution in [2.24, 2.45) is 0 Å². The van der Waals surface area contributed by atoms with Crippen molar-refractivity contribution in [3.63, 3.8) is 0 Å². The molecule has 1 aromatic rings. The number of aliphatic carboxylic acids is 1. The molecule has 17 heavy (non-hydrogen) atoms. The Labute approximate surface area is 98.7 Å². The van der Waals surface area contributed by atoms with Gasteiger partial charge in [0.1, 0.15) is 11.4 Å². The lowest BCUT2D eigenvalue weighted by atomic mass is 10.1. The van der Waals surface area contributed by atoms with Crippen molar-refractivity contribution in [3.05, 3.63) is 35.5 Å². The molecule has 5 nitrogen and oxygen atoms in total. The van der Waals surface area contributed by atoms with Crippen molar-refractivity contribution in [2.45, 2.75) is 6.92 Å². The van der Waals surface area contributed by atoms with Crippen molar-refractivity contribution >= 4 is 18.0 Å². The number of carbonyl (C=O) groups excluding carboxylic acids is 1. The average molecular weight is 235 g/mol. The first kappa shape index (κ1) is 12.8. The second kappa shape index (κ2) is 5.69. The van der Waals surface area contributed by atoms with Crippen LogP contribution in [-0.2, 0) is 9.59 Å². The number of para-hydroxylation sites is 1. The second-order valence-electron chi connectivity index (χ2n) is 3.29. The largest absolute Gasteiger partial charge is 0.496 e. The summed E-state index contributed by atoms with van der Waals surface area (Å²) in [6.07, 6.45) is 1.35. The van der Waals surface area contributed by atoms with E-state index in [2.05, 4.69) is 5.32 Å². The number of nitrogens with one attached hydrogen (secondary N) is 1. The Hall–Kier alpha value is -2.30. The lowest BCUT2D eigenvalue weighted by Crippen LogP contribution is -2.24. The molecule has 90 valence electrons. The molecule has 2 N–H and O–H groups in total. The summed E-state index contributed by atoms with van der Waals surface area (Å²) in [4.78, 5) is 21.8. The number of hydrogen-bond donors (Lipinski definition) is 2. The highest BCUT2D eigenvalue weighted by Crippen LogP contribution is 2.19. The van der Waals surface area contributed by atoms with Gasteiger partial charge in [0, 0.05) is 12.5 Å². The molecule has 0 radical (unpaired) electrons. The van der Waals surface area contributed by atoms with Crippen LogP contribution < -0.4 is 10.1 Å². The van der Waals surface area contributed by atoms with E-state index in [-0.39, 0.29) is 5.70 Å². The lowest BCUT2D eigenvalue weighted by molar-refractivity contribution is -0.134. The maximum Gasteiger partial charge on any atom is 0.352 e. The van der Waals surface area contributed by atoms with Crippen LogP contribution in [-0.4, -0.2) is 24.1 Å². The van der Waals surface area contributed by atoms with E-state index in [9.17, 15) is 9.59 Å². The predicted molar refractivity (Wildman–Crippen MR) is 62.4 cm³/mol. The number of methoxy groups -OCH3 is 1. The van der Waals surface area contributed by atoms with Gasteiger partial charge in [0.2, 0.25) is 5.91 Å². The molecule has 5 heteroatoms. The Morgan fingerprint density at radius 1 is 1.35 bits per heavy atom. The average Bonchev–Trinajstić information content (AvgIpc) is 2.28. The van der Waals surface area contributed by atoms with Gasteiger partial charge >= 0.3 is 5.97 Å². The minimum Gasteiger partial charge on any atom is -0.496 e. The van der Waals surface area contributed by atoms with Crippen LogP contribution in [0.25, 0.3) is 6.08 Å². The zero-order valence-electron chi connectivity index (χ0n) is 9.56. The van der Waals surface area contributed by atoms with Gasteiger partial charge in [-0.15, -0.1) is 0 Å². The van der Waals surface area contributed by atoms with Crippen LogP contribution >= 0.6 is 0 Å². The third kappa shape index (κ3) is 3.64. The van der Waals surface area contributed by atoms with Crippen molar-refractivity contribution < 1.29 is 19.4 Å². The van der Waals surface area contributed by atoms with Gasteiger partial charge in [0.15, 0.2) is 0 Å². The van der Waals surface area contributed by atoms with E-state index < -0.39 is 11.9 Å². The molecule has 0 bridgehead atoms. The summed E-state index contributed by atoms with van der Waals surface area (Å²) in [5.74, 6) is -1.10. The summed E-state index contributed by atoms with van der Waals surface area (Å²) in [6, 6.07) is 6.93. The van der Waals surface area contributed by atoms with E-state index in [1.54, 1.807) is 24.3 Å². The standard InChI is InChI=1S/C12H13NO4/c1-8(14)13-10(12(15)16)7-9-5-3-4-6-11(9)17-2/h3-7H,1-2H3,(H,13,14)(H,15,16). The maximum absolute atomic E-state index is 10.9. The Kier molecular flexibility index (Phi) is 4.28. The summed E-state index contributed by atoms with van der Waals surface area (Å²) in [6.45, 7) is 1.25. The Balaban J connectivity index is 3.12. The summed E-state index contributed by atoms with van der Waals surface area (Å²) in [5, 5.41) is 11.2. The Morgan fingerprint density at radius 2 is 2.00 bits per heavy atom. The first-order valence-electron chi connectivity index (χ1n) is 4.90. The number of ether oxygens (including phenoxy) is 1. The quantitative estimate of drug-likeness (QED) is 0.770. The van der Waals surface area contributed by atoms with Gasteiger partial charge in [0.05, 0.1) is 7.11 Å². The zero-order chi connectivity index (χ0) is 12.8. The highest BCUT2D eigenvalue weighted by molar-refractivity contribution is 5.96. The molecule has 0 saturated carbocycles. The maximum atomic E-state index is 10.9. The van der Waals surface area contributed by atoms with Crippen molar-refractivity contribution in [3.8, 4) is 5.75 Å². The van der Waals surface area contributed by atoms with Crippen LogP contribution in [0.4, 0.5) is 0 Å². The number of carboxylic acids is 1. The molecular weight excluding hydrogens is 222 g/mol. The fourth-order valence-electron chi connectivity index (χ4n) is 1.28. The van der Waals surface area contributed by atoms with Crippen LogP contribution in [0.3, 0.4) is 0 Å². The molecule has 0 aliphatic rings. The van der Waals surface area contributed by atoms with Gasteiger partial charge in [-0.3, -0.25) is 4.79 Å². The number of benzene rings is 1. The monoisotopic (exact) mass is 235 g/mol. The highest BCUT2D eigenvalue weighted by atomic mass is 16.5. The number of hydrogen-bond acceptors (Lipinski definition) is 3. The zero-order valence-corrected chi connectivity index (χ0v) is 9.56. The van der Waals surface area contributed by atoms with Crippen LogP contribution in [0.5, 0.6) is 5.75 Å². The van der Waals surface area contributed by atoms with E-state index in [4.69, 9.17) is 9.84 Å². The number of amides is 1. The molecular formula is C12H13NO4. The van der Waals surface area contributed by atoms with Gasteiger partial charge in [0.25, 0.3) is 0 Å². The molecule has 0 spiro atoms. The first-order chi connectivity index (χ1) is 8.04. The van der Waals surface area contributed by atoms with Gasteiger partial charge in [-0.1, -0.05) is 18.2 Å². The van der Waals surface area contributed by atoms with E-state index >= 15 is 0 Å². The minimum atomic E-state index is -1.20. The number of carbonyl (C=O) groups is 2. The van der Waals surface area contributed by atoms with Gasteiger partial charge in [-0.2, -0.15) is 0 Å². The second-order valence-corrected chi connectivity index (χ2v) is 3.29. The molecule has 1 aromatic carbocycles. The van der Waals surface area contributed by atoms with Crippen LogP contribution in [0, 0.1) is 0 Å². The fraction of sp³-hybridized carbons (Fsp3) is 0.167. The molecule has 0 heterocycles. The molecule has 0 saturated heterocycles. The summed E-state index contributed by atoms with van der Waals surface area (Å²) >= 11 is 0. The molecule has 0 unspecified atom stereocenters. The van der Waals surface area contributed by atoms with Crippen molar-refractivity contribution in [1.29, 1.82) is 0 Å². The van der Waals surface area contributed by atoms with Crippen LogP contribution in [0.1, 0.15) is 12.5 Å². The molecule has 1 rings (SSSR count). The lowest BCUT2D eigenvalue weighted by Gasteiger charge is -2.06. The molecule has 1 amide bonds. The normalized spacial score (nSPS) is 10.8. The Bertz CT molecular complexity index is 465. The van der Waals surface area contributed by atoms with Crippen molar-refractivity contribution in [1.82, 2.24) is 5.32 Å². The predicted octanol–water partition coefficient (Wildman–Crippen LogP) is 1.26. The van der Waals surface area contributed by atoms with Gasteiger partial charge < -0.3 is 15.2 Å². The molecule has 0 aromatic heterocycles. The third-order valence-electron chi connectivity index (χ3n) is 1.98. The molecule has 0 atom stereocenters. The third-order valence-corrected chi connectivity index (χ3v) is 1.98. The van der Waals surface area contributed by atoms with E-state index in [1.807, 2.05) is 0 Å². The highest BCUT2D eigenvalue weighted by Gasteiger charge is 2.10. The van der Waals surface area contributed by atoms with E-state index in [1.165, 1.54) is 20.1 Å². The molecule has 0 aliphatic heterocycles. The van der Waals surface area contributed by atoms with Gasteiger partial charge in [-0.05, 0) is 12.1 Å². The number of rotatable bonds is 4. The first-order valence-corrected chi connectivity index (χ1v) is 4.90. The SMILES string of the molecule is COc1ccccc1C=C(NC(C)=O)C(=O)O. The summed E-state index contributed by atoms with van der Waals surface area (Å²) < 4.78 is 5.08. The van der Waals surface area contributed by atoms with E-state index in [0.717, 1.165) is 0 Å². The summed E-state index contributed by atoms with van der Waals surface area (Å²) in [5.41, 5.74) is 0.392. The topological polar surface area (TPSA) is 75.6 Å². The van der Waals surface area contributed by atoms with Crippen molar-refractivity contribution in [2.75, 3.05) is 7.11 Å². The smallest absolute Gasteiger partial charge is 0.352 e. The molecule has 0 fully saturated rings. The van der Waals surface area contributed by atoms with Crippen LogP contribution in [0.2, 0.25) is 0 Å². The number of carboxylic acid groups (broad SMARTS) is 1. The summed E-state index contributed by atoms with van der Waals surface area (Å²) in [7, 11) is 1.49. The fourth-order valence-corrected chi connectivity index (χ4v) is 1.28. The van der Waals surface area contributed by atoms with Gasteiger partial charge in [-0.25, -0.2) is 4.79 Å². The minimum absolute atomic E-state index is 0.193.